The monoisotopic (exact) mass is 319 g/mol. The van der Waals surface area contributed by atoms with Gasteiger partial charge in [0.15, 0.2) is 5.78 Å². The Morgan fingerprint density at radius 3 is 2.64 bits per heavy atom. The van der Waals surface area contributed by atoms with Gasteiger partial charge in [-0.1, -0.05) is 6.42 Å². The lowest BCUT2D eigenvalue weighted by molar-refractivity contribution is 0.0895. The Labute approximate surface area is 132 Å². The number of hydrogen-bond donors (Lipinski definition) is 0. The standard InChI is InChI=1S/C17H18FNO2S/c18-16-5-4-12(8-11(16)6-7-19)17(20)13-9-14-2-1-3-15(10-13)22(14)21/h4-5,8,13-15H,1-3,6,9-10H2. The van der Waals surface area contributed by atoms with Gasteiger partial charge in [-0.25, -0.2) is 4.39 Å². The van der Waals surface area contributed by atoms with E-state index in [4.69, 9.17) is 5.26 Å². The van der Waals surface area contributed by atoms with Gasteiger partial charge in [-0.3, -0.25) is 9.00 Å². The van der Waals surface area contributed by atoms with Crippen LogP contribution in [0, 0.1) is 23.1 Å². The predicted octanol–water partition coefficient (Wildman–Crippen LogP) is 3.15. The highest BCUT2D eigenvalue weighted by molar-refractivity contribution is 7.86. The first-order valence-corrected chi connectivity index (χ1v) is 8.96. The normalized spacial score (nSPS) is 30.5. The Hall–Kier alpha value is -1.54. The highest BCUT2D eigenvalue weighted by atomic mass is 32.2. The van der Waals surface area contributed by atoms with E-state index < -0.39 is 16.6 Å². The van der Waals surface area contributed by atoms with Crippen LogP contribution < -0.4 is 0 Å². The fourth-order valence-electron chi connectivity index (χ4n) is 3.63. The minimum absolute atomic E-state index is 0.00721. The molecule has 116 valence electrons. The third-order valence-electron chi connectivity index (χ3n) is 4.77. The average Bonchev–Trinajstić information content (AvgIpc) is 2.49. The Morgan fingerprint density at radius 1 is 1.32 bits per heavy atom. The van der Waals surface area contributed by atoms with Crippen LogP contribution in [0.5, 0.6) is 0 Å². The van der Waals surface area contributed by atoms with E-state index in [1.165, 1.54) is 18.2 Å². The van der Waals surface area contributed by atoms with Crippen molar-refractivity contribution in [3.63, 3.8) is 0 Å². The summed E-state index contributed by atoms with van der Waals surface area (Å²) in [7, 11) is -0.796. The number of fused-ring (bicyclic) bond motifs is 2. The molecule has 0 aromatic heterocycles. The zero-order valence-electron chi connectivity index (χ0n) is 12.3. The zero-order chi connectivity index (χ0) is 15.7. The number of hydrogen-bond acceptors (Lipinski definition) is 3. The first-order chi connectivity index (χ1) is 10.6. The van der Waals surface area contributed by atoms with E-state index in [1.807, 2.05) is 6.07 Å². The van der Waals surface area contributed by atoms with Gasteiger partial charge in [0.25, 0.3) is 0 Å². The second-order valence-corrected chi connectivity index (χ2v) is 8.17. The number of rotatable bonds is 3. The van der Waals surface area contributed by atoms with E-state index in [2.05, 4.69) is 0 Å². The van der Waals surface area contributed by atoms with Crippen molar-refractivity contribution in [1.82, 2.24) is 0 Å². The van der Waals surface area contributed by atoms with Gasteiger partial charge in [-0.15, -0.1) is 0 Å². The van der Waals surface area contributed by atoms with Crippen LogP contribution in [0.3, 0.4) is 0 Å². The lowest BCUT2D eigenvalue weighted by atomic mass is 9.84. The maximum atomic E-state index is 13.6. The van der Waals surface area contributed by atoms with Crippen molar-refractivity contribution in [2.24, 2.45) is 5.92 Å². The number of carbonyl (C=O) groups is 1. The van der Waals surface area contributed by atoms with Gasteiger partial charge in [-0.05, 0) is 43.9 Å². The lowest BCUT2D eigenvalue weighted by Gasteiger charge is -2.37. The zero-order valence-corrected chi connectivity index (χ0v) is 13.1. The van der Waals surface area contributed by atoms with E-state index in [0.717, 1.165) is 19.3 Å². The van der Waals surface area contributed by atoms with Gasteiger partial charge in [0.1, 0.15) is 5.82 Å². The molecule has 2 saturated heterocycles. The maximum absolute atomic E-state index is 13.6. The summed E-state index contributed by atoms with van der Waals surface area (Å²) in [4.78, 5) is 12.7. The Bertz CT molecular complexity index is 651. The van der Waals surface area contributed by atoms with Crippen molar-refractivity contribution in [2.75, 3.05) is 0 Å². The second-order valence-electron chi connectivity index (χ2n) is 6.18. The summed E-state index contributed by atoms with van der Waals surface area (Å²) < 4.78 is 25.8. The predicted molar refractivity (Wildman–Crippen MR) is 82.3 cm³/mol. The first kappa shape index (κ1) is 15.4. The molecule has 1 aromatic rings. The molecule has 0 spiro atoms. The third kappa shape index (κ3) is 2.85. The van der Waals surface area contributed by atoms with Crippen molar-refractivity contribution >= 4 is 16.6 Å². The topological polar surface area (TPSA) is 57.9 Å². The molecule has 2 unspecified atom stereocenters. The van der Waals surface area contributed by atoms with Crippen molar-refractivity contribution in [2.45, 2.75) is 49.0 Å². The Kier molecular flexibility index (Phi) is 4.39. The summed E-state index contributed by atoms with van der Waals surface area (Å²) in [6.45, 7) is 0. The van der Waals surface area contributed by atoms with Gasteiger partial charge in [0.2, 0.25) is 0 Å². The first-order valence-electron chi connectivity index (χ1n) is 7.69. The molecule has 0 amide bonds. The van der Waals surface area contributed by atoms with Gasteiger partial charge in [0.05, 0.1) is 12.5 Å². The van der Waals surface area contributed by atoms with Gasteiger partial charge >= 0.3 is 0 Å². The molecule has 2 heterocycles. The Balaban J connectivity index is 1.81. The van der Waals surface area contributed by atoms with Crippen molar-refractivity contribution in [1.29, 1.82) is 5.26 Å². The number of ketones is 1. The fourth-order valence-corrected chi connectivity index (χ4v) is 5.82. The number of benzene rings is 1. The number of nitrogens with zero attached hydrogens (tertiary/aromatic N) is 1. The molecule has 1 aromatic carbocycles. The quantitative estimate of drug-likeness (QED) is 0.804. The smallest absolute Gasteiger partial charge is 0.166 e. The lowest BCUT2D eigenvalue weighted by Crippen LogP contribution is -2.41. The summed E-state index contributed by atoms with van der Waals surface area (Å²) in [5, 5.41) is 9.00. The number of carbonyl (C=O) groups excluding carboxylic acids is 1. The third-order valence-corrected chi connectivity index (χ3v) is 6.95. The van der Waals surface area contributed by atoms with Crippen LogP contribution >= 0.6 is 0 Å². The van der Waals surface area contributed by atoms with Crippen LogP contribution in [0.25, 0.3) is 0 Å². The molecule has 2 aliphatic heterocycles. The minimum atomic E-state index is -0.796. The summed E-state index contributed by atoms with van der Waals surface area (Å²) >= 11 is 0. The van der Waals surface area contributed by atoms with Gasteiger partial charge in [0, 0.05) is 38.3 Å². The van der Waals surface area contributed by atoms with Crippen molar-refractivity contribution < 1.29 is 13.4 Å². The van der Waals surface area contributed by atoms with Gasteiger partial charge < -0.3 is 0 Å². The summed E-state index contributed by atoms with van der Waals surface area (Å²) in [6.07, 6.45) is 4.30. The molecule has 0 saturated carbocycles. The summed E-state index contributed by atoms with van der Waals surface area (Å²) in [5.74, 6) is -0.555. The van der Waals surface area contributed by atoms with E-state index in [0.29, 0.717) is 18.4 Å². The molecule has 0 N–H and O–H groups in total. The molecule has 2 bridgehead atoms. The van der Waals surface area contributed by atoms with Crippen LogP contribution in [0.15, 0.2) is 18.2 Å². The molecule has 3 rings (SSSR count). The molecule has 2 atom stereocenters. The molecule has 5 heteroatoms. The Morgan fingerprint density at radius 2 is 2.00 bits per heavy atom. The molecule has 3 nitrogen and oxygen atoms in total. The SMILES string of the molecule is N#CCc1cc(C(=O)C2CC3CCCC(C2)S3=O)ccc1F. The molecule has 2 fully saturated rings. The van der Waals surface area contributed by atoms with Crippen molar-refractivity contribution in [3.05, 3.63) is 35.1 Å². The van der Waals surface area contributed by atoms with E-state index >= 15 is 0 Å². The number of halogens is 1. The minimum Gasteiger partial charge on any atom is -0.294 e. The molecule has 0 aliphatic carbocycles. The highest BCUT2D eigenvalue weighted by Crippen LogP contribution is 2.38. The summed E-state index contributed by atoms with van der Waals surface area (Å²) in [5.41, 5.74) is 0.746. The van der Waals surface area contributed by atoms with Crippen molar-refractivity contribution in [3.8, 4) is 6.07 Å². The summed E-state index contributed by atoms with van der Waals surface area (Å²) in [6, 6.07) is 6.18. The maximum Gasteiger partial charge on any atom is 0.166 e. The highest BCUT2D eigenvalue weighted by Gasteiger charge is 2.40. The van der Waals surface area contributed by atoms with E-state index in [9.17, 15) is 13.4 Å². The van der Waals surface area contributed by atoms with Crippen LogP contribution in [-0.4, -0.2) is 20.5 Å². The number of Topliss-reactive ketones (excluding diaryl/α,β-unsaturated/α-hetero) is 1. The largest absolute Gasteiger partial charge is 0.294 e. The molecular weight excluding hydrogens is 301 g/mol. The average molecular weight is 319 g/mol. The van der Waals surface area contributed by atoms with E-state index in [1.54, 1.807) is 0 Å². The molecular formula is C17H18FNO2S. The molecule has 2 aliphatic rings. The van der Waals surface area contributed by atoms with Crippen LogP contribution in [0.2, 0.25) is 0 Å². The van der Waals surface area contributed by atoms with Gasteiger partial charge in [-0.2, -0.15) is 5.26 Å². The molecule has 22 heavy (non-hydrogen) atoms. The molecule has 0 radical (unpaired) electrons. The van der Waals surface area contributed by atoms with Crippen LogP contribution in [0.4, 0.5) is 4.39 Å². The number of nitriles is 1. The van der Waals surface area contributed by atoms with Crippen LogP contribution in [-0.2, 0) is 17.2 Å². The van der Waals surface area contributed by atoms with Crippen LogP contribution in [0.1, 0.15) is 48.0 Å². The van der Waals surface area contributed by atoms with E-state index in [-0.39, 0.29) is 34.2 Å². The second kappa shape index (κ2) is 6.29. The fraction of sp³-hybridized carbons (Fsp3) is 0.529.